The molecule has 0 bridgehead atoms. The zero-order valence-electron chi connectivity index (χ0n) is 17.2. The molecular formula is C19H28O9S. The average molecular weight is 432 g/mol. The van der Waals surface area contributed by atoms with Crippen molar-refractivity contribution in [1.29, 1.82) is 0 Å². The first kappa shape index (κ1) is 25.0. The van der Waals surface area contributed by atoms with Crippen molar-refractivity contribution in [1.82, 2.24) is 0 Å². The Morgan fingerprint density at radius 1 is 0.828 bits per heavy atom. The summed E-state index contributed by atoms with van der Waals surface area (Å²) in [6, 6.07) is 0. The fourth-order valence-electron chi connectivity index (χ4n) is 2.71. The molecule has 0 amide bonds. The molecule has 0 aromatic carbocycles. The van der Waals surface area contributed by atoms with Gasteiger partial charge in [-0.25, -0.2) is 0 Å². The van der Waals surface area contributed by atoms with E-state index in [9.17, 15) is 19.2 Å². The highest BCUT2D eigenvalue weighted by atomic mass is 32.2. The summed E-state index contributed by atoms with van der Waals surface area (Å²) in [7, 11) is 0. The number of hydrogen-bond acceptors (Lipinski definition) is 10. The normalized spacial score (nSPS) is 26.6. The molecule has 0 saturated carbocycles. The van der Waals surface area contributed by atoms with Gasteiger partial charge in [-0.2, -0.15) is 0 Å². The first-order valence-electron chi connectivity index (χ1n) is 9.22. The van der Waals surface area contributed by atoms with E-state index < -0.39 is 53.7 Å². The summed E-state index contributed by atoms with van der Waals surface area (Å²) in [5, 5.41) is 0. The van der Waals surface area contributed by atoms with Crippen molar-refractivity contribution in [2.75, 3.05) is 12.4 Å². The van der Waals surface area contributed by atoms with Crippen molar-refractivity contribution in [3.63, 3.8) is 0 Å². The first-order chi connectivity index (χ1) is 13.6. The average Bonchev–Trinajstić information content (AvgIpc) is 2.60. The molecule has 0 spiro atoms. The van der Waals surface area contributed by atoms with E-state index >= 15 is 0 Å². The van der Waals surface area contributed by atoms with Gasteiger partial charge >= 0.3 is 23.9 Å². The number of rotatable bonds is 9. The van der Waals surface area contributed by atoms with Crippen LogP contribution in [-0.4, -0.2) is 66.1 Å². The maximum absolute atomic E-state index is 11.7. The van der Waals surface area contributed by atoms with Crippen LogP contribution in [0.3, 0.4) is 0 Å². The highest BCUT2D eigenvalue weighted by Crippen LogP contribution is 2.34. The zero-order valence-corrected chi connectivity index (χ0v) is 18.1. The van der Waals surface area contributed by atoms with Crippen LogP contribution in [0.1, 0.15) is 41.0 Å². The standard InChI is InChI=1S/C19H28O9S/c1-6-7-8-9-29-19-18(27-14(5)23)17(26-13(4)22)16(25-12(3)21)15(28-19)10-24-11(2)20/h7-8,15-19H,6,9-10H2,1-5H3/b8-7+/t15?,16-,17+,18?,19+/m1/s1. The maximum atomic E-state index is 11.7. The van der Waals surface area contributed by atoms with Gasteiger partial charge in [-0.1, -0.05) is 19.1 Å². The van der Waals surface area contributed by atoms with Crippen molar-refractivity contribution in [3.05, 3.63) is 12.2 Å². The Balaban J connectivity index is 3.22. The Morgan fingerprint density at radius 3 is 1.90 bits per heavy atom. The molecule has 1 saturated heterocycles. The number of esters is 4. The molecule has 0 aromatic rings. The van der Waals surface area contributed by atoms with Crippen LogP contribution in [0, 0.1) is 0 Å². The minimum absolute atomic E-state index is 0.223. The van der Waals surface area contributed by atoms with E-state index in [0.717, 1.165) is 6.42 Å². The van der Waals surface area contributed by atoms with Crippen LogP contribution in [0.4, 0.5) is 0 Å². The van der Waals surface area contributed by atoms with Crippen molar-refractivity contribution in [2.45, 2.75) is 70.9 Å². The molecule has 0 aromatic heterocycles. The minimum atomic E-state index is -1.12. The number of hydrogen-bond donors (Lipinski definition) is 0. The molecule has 0 N–H and O–H groups in total. The Bertz CT molecular complexity index is 619. The van der Waals surface area contributed by atoms with E-state index in [1.165, 1.54) is 39.5 Å². The summed E-state index contributed by atoms with van der Waals surface area (Å²) < 4.78 is 27.0. The molecule has 164 valence electrons. The molecule has 2 unspecified atom stereocenters. The van der Waals surface area contributed by atoms with Gasteiger partial charge in [-0.05, 0) is 6.42 Å². The predicted octanol–water partition coefficient (Wildman–Crippen LogP) is 1.77. The molecule has 9 nitrogen and oxygen atoms in total. The van der Waals surface area contributed by atoms with Crippen LogP contribution < -0.4 is 0 Å². The third kappa shape index (κ3) is 8.86. The molecule has 1 heterocycles. The number of ether oxygens (including phenoxy) is 5. The van der Waals surface area contributed by atoms with Gasteiger partial charge in [0.2, 0.25) is 0 Å². The van der Waals surface area contributed by atoms with Crippen LogP contribution in [0.25, 0.3) is 0 Å². The summed E-state index contributed by atoms with van der Waals surface area (Å²) in [4.78, 5) is 46.3. The van der Waals surface area contributed by atoms with Crippen LogP contribution in [0.15, 0.2) is 12.2 Å². The summed E-state index contributed by atoms with van der Waals surface area (Å²) in [6.07, 6.45) is 0.586. The lowest BCUT2D eigenvalue weighted by molar-refractivity contribution is -0.237. The van der Waals surface area contributed by atoms with Gasteiger partial charge in [-0.3, -0.25) is 19.2 Å². The second kappa shape index (κ2) is 12.5. The first-order valence-corrected chi connectivity index (χ1v) is 10.3. The third-order valence-electron chi connectivity index (χ3n) is 3.71. The lowest BCUT2D eigenvalue weighted by Crippen LogP contribution is -2.61. The highest BCUT2D eigenvalue weighted by Gasteiger charge is 2.52. The van der Waals surface area contributed by atoms with Crippen LogP contribution in [0.2, 0.25) is 0 Å². The molecule has 10 heteroatoms. The maximum Gasteiger partial charge on any atom is 0.303 e. The lowest BCUT2D eigenvalue weighted by Gasteiger charge is -2.44. The molecule has 1 fully saturated rings. The fraction of sp³-hybridized carbons (Fsp3) is 0.684. The summed E-state index contributed by atoms with van der Waals surface area (Å²) in [5.74, 6) is -1.90. The van der Waals surface area contributed by atoms with Crippen LogP contribution in [-0.2, 0) is 42.9 Å². The van der Waals surface area contributed by atoms with Crippen molar-refractivity contribution in [3.8, 4) is 0 Å². The van der Waals surface area contributed by atoms with Crippen LogP contribution in [0.5, 0.6) is 0 Å². The summed E-state index contributed by atoms with van der Waals surface area (Å²) >= 11 is 1.32. The molecule has 1 aliphatic heterocycles. The molecule has 5 atom stereocenters. The summed E-state index contributed by atoms with van der Waals surface area (Å²) in [5.41, 5.74) is -0.739. The molecule has 0 radical (unpaired) electrons. The van der Waals surface area contributed by atoms with Gasteiger partial charge in [0, 0.05) is 33.4 Å². The number of allylic oxidation sites excluding steroid dienone is 1. The van der Waals surface area contributed by atoms with Gasteiger partial charge in [-0.15, -0.1) is 11.8 Å². The SMILES string of the molecule is CC/C=C/CS[C@@H]1OC(COC(C)=O)[C@@H](OC(C)=O)[C@H](OC(C)=O)C1OC(C)=O. The van der Waals surface area contributed by atoms with E-state index in [-0.39, 0.29) is 6.61 Å². The number of carbonyl (C=O) groups is 4. The number of thioether (sulfide) groups is 1. The molecular weight excluding hydrogens is 404 g/mol. The van der Waals surface area contributed by atoms with E-state index in [1.807, 2.05) is 19.1 Å². The van der Waals surface area contributed by atoms with Crippen molar-refractivity contribution >= 4 is 35.6 Å². The van der Waals surface area contributed by atoms with Crippen LogP contribution >= 0.6 is 11.8 Å². The van der Waals surface area contributed by atoms with E-state index in [4.69, 9.17) is 23.7 Å². The van der Waals surface area contributed by atoms with Gasteiger partial charge in [0.05, 0.1) is 0 Å². The minimum Gasteiger partial charge on any atom is -0.463 e. The van der Waals surface area contributed by atoms with Gasteiger partial charge in [0.1, 0.15) is 18.1 Å². The van der Waals surface area contributed by atoms with Crippen molar-refractivity contribution in [2.24, 2.45) is 0 Å². The van der Waals surface area contributed by atoms with Gasteiger partial charge in [0.25, 0.3) is 0 Å². The Kier molecular flexibility index (Phi) is 10.7. The van der Waals surface area contributed by atoms with E-state index in [0.29, 0.717) is 5.75 Å². The van der Waals surface area contributed by atoms with Gasteiger partial charge in [0.15, 0.2) is 18.3 Å². The monoisotopic (exact) mass is 432 g/mol. The molecule has 1 aliphatic rings. The zero-order chi connectivity index (χ0) is 22.0. The quantitative estimate of drug-likeness (QED) is 0.303. The second-order valence-electron chi connectivity index (χ2n) is 6.28. The van der Waals surface area contributed by atoms with E-state index in [1.54, 1.807) is 0 Å². The Hall–Kier alpha value is -2.07. The largest absolute Gasteiger partial charge is 0.463 e. The highest BCUT2D eigenvalue weighted by molar-refractivity contribution is 7.99. The van der Waals surface area contributed by atoms with Gasteiger partial charge < -0.3 is 23.7 Å². The molecule has 1 rings (SSSR count). The number of carbonyl (C=O) groups excluding carboxylic acids is 4. The molecule has 29 heavy (non-hydrogen) atoms. The lowest BCUT2D eigenvalue weighted by atomic mass is 9.99. The smallest absolute Gasteiger partial charge is 0.303 e. The second-order valence-corrected chi connectivity index (χ2v) is 7.41. The topological polar surface area (TPSA) is 114 Å². The summed E-state index contributed by atoms with van der Waals surface area (Å²) in [6.45, 7) is 6.60. The third-order valence-corrected chi connectivity index (χ3v) is 4.80. The van der Waals surface area contributed by atoms with E-state index in [2.05, 4.69) is 0 Å². The van der Waals surface area contributed by atoms with Crippen molar-refractivity contribution < 1.29 is 42.9 Å². The molecule has 0 aliphatic carbocycles. The Labute approximate surface area is 174 Å². The predicted molar refractivity (Wildman–Crippen MR) is 104 cm³/mol. The Morgan fingerprint density at radius 2 is 1.38 bits per heavy atom. The fourth-order valence-corrected chi connectivity index (χ4v) is 3.77.